The van der Waals surface area contributed by atoms with E-state index in [0.717, 1.165) is 12.0 Å². The van der Waals surface area contributed by atoms with Crippen LogP contribution in [0.15, 0.2) is 18.2 Å². The van der Waals surface area contributed by atoms with Gasteiger partial charge in [0.05, 0.1) is 6.61 Å². The minimum atomic E-state index is -0.133. The summed E-state index contributed by atoms with van der Waals surface area (Å²) in [6.45, 7) is 3.77. The Labute approximate surface area is 90.6 Å². The fourth-order valence-electron chi connectivity index (χ4n) is 1.41. The molecule has 2 nitrogen and oxygen atoms in total. The zero-order valence-corrected chi connectivity index (χ0v) is 9.12. The van der Waals surface area contributed by atoms with Gasteiger partial charge in [-0.05, 0) is 30.5 Å². The SMILES string of the molecule is CC#CCC(C)c1ccc(O)c(CO)c1. The molecule has 15 heavy (non-hydrogen) atoms. The van der Waals surface area contributed by atoms with E-state index < -0.39 is 0 Å². The van der Waals surface area contributed by atoms with Gasteiger partial charge in [0.2, 0.25) is 0 Å². The summed E-state index contributed by atoms with van der Waals surface area (Å²) >= 11 is 0. The van der Waals surface area contributed by atoms with E-state index in [4.69, 9.17) is 5.11 Å². The largest absolute Gasteiger partial charge is 0.508 e. The molecule has 0 saturated carbocycles. The highest BCUT2D eigenvalue weighted by Gasteiger charge is 2.07. The molecule has 2 heteroatoms. The standard InChI is InChI=1S/C13H16O2/c1-3-4-5-10(2)11-6-7-13(15)12(8-11)9-14/h6-8,10,14-15H,5,9H2,1-2H3. The topological polar surface area (TPSA) is 40.5 Å². The van der Waals surface area contributed by atoms with Crippen molar-refractivity contribution in [3.8, 4) is 17.6 Å². The van der Waals surface area contributed by atoms with E-state index in [2.05, 4.69) is 18.8 Å². The molecule has 0 aliphatic carbocycles. The average Bonchev–Trinajstić information content (AvgIpc) is 2.26. The monoisotopic (exact) mass is 204 g/mol. The Morgan fingerprint density at radius 1 is 1.40 bits per heavy atom. The van der Waals surface area contributed by atoms with E-state index in [1.54, 1.807) is 6.07 Å². The molecule has 0 heterocycles. The molecule has 0 radical (unpaired) electrons. The lowest BCUT2D eigenvalue weighted by molar-refractivity contribution is 0.275. The number of hydrogen-bond acceptors (Lipinski definition) is 2. The molecule has 1 rings (SSSR count). The van der Waals surface area contributed by atoms with Crippen molar-refractivity contribution in [2.75, 3.05) is 0 Å². The first kappa shape index (κ1) is 11.6. The Balaban J connectivity index is 2.88. The molecule has 0 amide bonds. The third-order valence-electron chi connectivity index (χ3n) is 2.43. The summed E-state index contributed by atoms with van der Waals surface area (Å²) in [6, 6.07) is 5.32. The van der Waals surface area contributed by atoms with E-state index in [9.17, 15) is 5.11 Å². The van der Waals surface area contributed by atoms with Crippen LogP contribution >= 0.6 is 0 Å². The summed E-state index contributed by atoms with van der Waals surface area (Å²) in [4.78, 5) is 0. The van der Waals surface area contributed by atoms with Gasteiger partial charge in [-0.25, -0.2) is 0 Å². The Hall–Kier alpha value is -1.46. The summed E-state index contributed by atoms with van der Waals surface area (Å²) in [5, 5.41) is 18.4. The average molecular weight is 204 g/mol. The maximum absolute atomic E-state index is 9.40. The molecular weight excluding hydrogens is 188 g/mol. The van der Waals surface area contributed by atoms with Crippen LogP contribution in [0.2, 0.25) is 0 Å². The number of rotatable bonds is 3. The molecule has 1 aromatic carbocycles. The van der Waals surface area contributed by atoms with Gasteiger partial charge in [0.1, 0.15) is 5.75 Å². The molecule has 0 aliphatic heterocycles. The highest BCUT2D eigenvalue weighted by Crippen LogP contribution is 2.24. The molecule has 1 unspecified atom stereocenters. The number of aromatic hydroxyl groups is 1. The number of aliphatic hydroxyl groups is 1. The van der Waals surface area contributed by atoms with Crippen molar-refractivity contribution in [2.24, 2.45) is 0 Å². The summed E-state index contributed by atoms with van der Waals surface area (Å²) in [5.41, 5.74) is 1.67. The zero-order valence-electron chi connectivity index (χ0n) is 9.12. The first-order valence-corrected chi connectivity index (χ1v) is 5.01. The molecule has 1 atom stereocenters. The molecule has 1 aromatic rings. The van der Waals surface area contributed by atoms with Crippen molar-refractivity contribution in [3.63, 3.8) is 0 Å². The van der Waals surface area contributed by atoms with Gasteiger partial charge in [-0.1, -0.05) is 13.0 Å². The van der Waals surface area contributed by atoms with Crippen molar-refractivity contribution < 1.29 is 10.2 Å². The maximum Gasteiger partial charge on any atom is 0.121 e. The first-order chi connectivity index (χ1) is 7.19. The summed E-state index contributed by atoms with van der Waals surface area (Å²) in [6.07, 6.45) is 0.798. The highest BCUT2D eigenvalue weighted by molar-refractivity contribution is 5.37. The third kappa shape index (κ3) is 3.00. The van der Waals surface area contributed by atoms with Gasteiger partial charge in [0.25, 0.3) is 0 Å². The van der Waals surface area contributed by atoms with Crippen LogP contribution in [-0.2, 0) is 6.61 Å². The van der Waals surface area contributed by atoms with Crippen LogP contribution in [-0.4, -0.2) is 10.2 Å². The molecule has 0 bridgehead atoms. The van der Waals surface area contributed by atoms with Gasteiger partial charge >= 0.3 is 0 Å². The third-order valence-corrected chi connectivity index (χ3v) is 2.43. The lowest BCUT2D eigenvalue weighted by Crippen LogP contribution is -1.94. The molecular formula is C13H16O2. The second-order valence-corrected chi connectivity index (χ2v) is 3.58. The van der Waals surface area contributed by atoms with E-state index in [1.807, 2.05) is 19.1 Å². The Bertz CT molecular complexity index is 385. The van der Waals surface area contributed by atoms with E-state index in [-0.39, 0.29) is 12.4 Å². The predicted octanol–water partition coefficient (Wildman–Crippen LogP) is 2.40. The van der Waals surface area contributed by atoms with Gasteiger partial charge in [0, 0.05) is 12.0 Å². The summed E-state index contributed by atoms with van der Waals surface area (Å²) < 4.78 is 0. The van der Waals surface area contributed by atoms with Gasteiger partial charge in [-0.15, -0.1) is 11.8 Å². The molecule has 0 saturated heterocycles. The quantitative estimate of drug-likeness (QED) is 0.742. The summed E-state index contributed by atoms with van der Waals surface area (Å²) in [7, 11) is 0. The van der Waals surface area contributed by atoms with Crippen molar-refractivity contribution in [2.45, 2.75) is 32.8 Å². The van der Waals surface area contributed by atoms with Crippen LogP contribution in [0, 0.1) is 11.8 Å². The molecule has 0 aliphatic rings. The number of hydrogen-bond donors (Lipinski definition) is 2. The van der Waals surface area contributed by atoms with Gasteiger partial charge < -0.3 is 10.2 Å². The van der Waals surface area contributed by atoms with E-state index in [1.165, 1.54) is 0 Å². The van der Waals surface area contributed by atoms with Gasteiger partial charge in [-0.3, -0.25) is 0 Å². The lowest BCUT2D eigenvalue weighted by atomic mass is 9.96. The number of phenols is 1. The minimum Gasteiger partial charge on any atom is -0.508 e. The molecule has 80 valence electrons. The van der Waals surface area contributed by atoms with E-state index in [0.29, 0.717) is 11.5 Å². The first-order valence-electron chi connectivity index (χ1n) is 5.01. The van der Waals surface area contributed by atoms with Gasteiger partial charge in [0.15, 0.2) is 0 Å². The zero-order chi connectivity index (χ0) is 11.3. The van der Waals surface area contributed by atoms with Crippen molar-refractivity contribution in [1.29, 1.82) is 0 Å². The minimum absolute atomic E-state index is 0.133. The van der Waals surface area contributed by atoms with Crippen LogP contribution in [0.3, 0.4) is 0 Å². The Morgan fingerprint density at radius 3 is 2.73 bits per heavy atom. The van der Waals surface area contributed by atoms with Crippen molar-refractivity contribution in [3.05, 3.63) is 29.3 Å². The van der Waals surface area contributed by atoms with Crippen LogP contribution in [0.25, 0.3) is 0 Å². The van der Waals surface area contributed by atoms with Crippen LogP contribution in [0.5, 0.6) is 5.75 Å². The second kappa shape index (κ2) is 5.43. The predicted molar refractivity (Wildman–Crippen MR) is 60.5 cm³/mol. The fraction of sp³-hybridized carbons (Fsp3) is 0.385. The second-order valence-electron chi connectivity index (χ2n) is 3.58. The molecule has 0 fully saturated rings. The van der Waals surface area contributed by atoms with Crippen LogP contribution < -0.4 is 0 Å². The summed E-state index contributed by atoms with van der Waals surface area (Å²) in [5.74, 6) is 6.35. The molecule has 2 N–H and O–H groups in total. The maximum atomic E-state index is 9.40. The van der Waals surface area contributed by atoms with Crippen molar-refractivity contribution >= 4 is 0 Å². The fourth-order valence-corrected chi connectivity index (χ4v) is 1.41. The number of aliphatic hydroxyl groups excluding tert-OH is 1. The van der Waals surface area contributed by atoms with Crippen molar-refractivity contribution in [1.82, 2.24) is 0 Å². The molecule has 0 spiro atoms. The smallest absolute Gasteiger partial charge is 0.121 e. The lowest BCUT2D eigenvalue weighted by Gasteiger charge is -2.10. The van der Waals surface area contributed by atoms with Gasteiger partial charge in [-0.2, -0.15) is 0 Å². The Morgan fingerprint density at radius 2 is 2.13 bits per heavy atom. The normalized spacial score (nSPS) is 11.7. The molecule has 0 aromatic heterocycles. The van der Waals surface area contributed by atoms with Crippen LogP contribution in [0.1, 0.15) is 37.3 Å². The highest BCUT2D eigenvalue weighted by atomic mass is 16.3. The van der Waals surface area contributed by atoms with Crippen LogP contribution in [0.4, 0.5) is 0 Å². The number of benzene rings is 1. The Kier molecular flexibility index (Phi) is 4.20. The van der Waals surface area contributed by atoms with E-state index >= 15 is 0 Å².